The molecule has 0 amide bonds. The minimum atomic E-state index is -0.438. The Bertz CT molecular complexity index is 2720. The molecule has 244 valence electrons. The van der Waals surface area contributed by atoms with E-state index in [0.717, 1.165) is 71.9 Å². The van der Waals surface area contributed by atoms with Crippen molar-refractivity contribution in [2.75, 3.05) is 7.05 Å². The minimum Gasteiger partial charge on any atom is -0.454 e. The third-order valence-electron chi connectivity index (χ3n) is 9.76. The third kappa shape index (κ3) is 5.36. The van der Waals surface area contributed by atoms with Crippen LogP contribution in [0, 0.1) is 5.41 Å². The maximum Gasteiger partial charge on any atom is 0.160 e. The number of nitrogens with zero attached hydrogens (tertiary/aromatic N) is 3. The molecule has 9 aromatic rings. The molecule has 0 aliphatic rings. The summed E-state index contributed by atoms with van der Waals surface area (Å²) in [5.41, 5.74) is 9.96. The standard InChI is InChI=1S/C46H34N4O/c1-49(45(47)35-18-12-17-34(29-35)32-15-6-3-7-16-32)46(48-30-31-13-4-2-5-14-31)33-23-25-36(26-24-33)50-41-21-10-8-19-37(41)39-27-28-40-38-20-9-11-22-42(38)51-44(40)43(39)50/h2-30,46-47H,1H3. The molecule has 5 nitrogen and oxygen atoms in total. The van der Waals surface area contributed by atoms with Gasteiger partial charge in [-0.25, -0.2) is 0 Å². The molecule has 9 rings (SSSR count). The van der Waals surface area contributed by atoms with Crippen molar-refractivity contribution in [2.24, 2.45) is 4.99 Å². The number of amidine groups is 1. The number of rotatable bonds is 7. The topological polar surface area (TPSA) is 57.5 Å². The Labute approximate surface area is 295 Å². The Balaban J connectivity index is 1.14. The Morgan fingerprint density at radius 2 is 1.31 bits per heavy atom. The summed E-state index contributed by atoms with van der Waals surface area (Å²) >= 11 is 0. The lowest BCUT2D eigenvalue weighted by atomic mass is 10.0. The van der Waals surface area contributed by atoms with E-state index < -0.39 is 6.17 Å². The van der Waals surface area contributed by atoms with Gasteiger partial charge in [-0.15, -0.1) is 0 Å². The number of fused-ring (bicyclic) bond motifs is 7. The lowest BCUT2D eigenvalue weighted by Gasteiger charge is -2.28. The van der Waals surface area contributed by atoms with Crippen molar-refractivity contribution in [2.45, 2.75) is 6.17 Å². The highest BCUT2D eigenvalue weighted by Crippen LogP contribution is 2.40. The van der Waals surface area contributed by atoms with Gasteiger partial charge in [0.1, 0.15) is 17.6 Å². The first-order valence-corrected chi connectivity index (χ1v) is 17.1. The molecule has 2 heterocycles. The molecule has 0 saturated heterocycles. The average Bonchev–Trinajstić information content (AvgIpc) is 3.75. The van der Waals surface area contributed by atoms with Gasteiger partial charge < -0.3 is 13.9 Å². The van der Waals surface area contributed by atoms with Crippen LogP contribution in [0.4, 0.5) is 0 Å². The van der Waals surface area contributed by atoms with Gasteiger partial charge in [0.05, 0.1) is 11.0 Å². The average molecular weight is 659 g/mol. The van der Waals surface area contributed by atoms with Gasteiger partial charge in [-0.3, -0.25) is 10.4 Å². The lowest BCUT2D eigenvalue weighted by molar-refractivity contribution is 0.387. The molecule has 0 bridgehead atoms. The highest BCUT2D eigenvalue weighted by molar-refractivity contribution is 6.21. The lowest BCUT2D eigenvalue weighted by Crippen LogP contribution is -2.30. The molecule has 0 fully saturated rings. The molecule has 2 aromatic heterocycles. The number of aromatic nitrogens is 1. The van der Waals surface area contributed by atoms with Gasteiger partial charge in [-0.05, 0) is 58.7 Å². The molecule has 1 N–H and O–H groups in total. The zero-order chi connectivity index (χ0) is 34.3. The first-order chi connectivity index (χ1) is 25.1. The van der Waals surface area contributed by atoms with Crippen LogP contribution < -0.4 is 0 Å². The van der Waals surface area contributed by atoms with Gasteiger partial charge >= 0.3 is 0 Å². The molecule has 1 unspecified atom stereocenters. The number of benzene rings is 7. The van der Waals surface area contributed by atoms with E-state index >= 15 is 0 Å². The first-order valence-electron chi connectivity index (χ1n) is 17.1. The summed E-state index contributed by atoms with van der Waals surface area (Å²) in [7, 11) is 1.95. The van der Waals surface area contributed by atoms with Crippen LogP contribution in [0.5, 0.6) is 0 Å². The number of hydrogen-bond donors (Lipinski definition) is 1. The minimum absolute atomic E-state index is 0.391. The van der Waals surface area contributed by atoms with Crippen molar-refractivity contribution in [1.82, 2.24) is 9.47 Å². The van der Waals surface area contributed by atoms with E-state index in [1.54, 1.807) is 0 Å². The highest BCUT2D eigenvalue weighted by atomic mass is 16.3. The maximum atomic E-state index is 9.35. The largest absolute Gasteiger partial charge is 0.454 e. The summed E-state index contributed by atoms with van der Waals surface area (Å²) in [5, 5.41) is 13.9. The van der Waals surface area contributed by atoms with E-state index in [0.29, 0.717) is 5.84 Å². The molecule has 1 atom stereocenters. The predicted molar refractivity (Wildman–Crippen MR) is 211 cm³/mol. The maximum absolute atomic E-state index is 9.35. The Morgan fingerprint density at radius 1 is 0.647 bits per heavy atom. The van der Waals surface area contributed by atoms with Gasteiger partial charge in [0.2, 0.25) is 0 Å². The Morgan fingerprint density at radius 3 is 2.12 bits per heavy atom. The van der Waals surface area contributed by atoms with Crippen LogP contribution in [-0.4, -0.2) is 28.6 Å². The molecular formula is C46H34N4O. The highest BCUT2D eigenvalue weighted by Gasteiger charge is 2.22. The monoisotopic (exact) mass is 658 g/mol. The fraction of sp³-hybridized carbons (Fsp3) is 0.0435. The number of hydrogen-bond acceptors (Lipinski definition) is 3. The van der Waals surface area contributed by atoms with E-state index in [1.165, 1.54) is 5.39 Å². The van der Waals surface area contributed by atoms with Crippen molar-refractivity contribution in [3.63, 3.8) is 0 Å². The zero-order valence-electron chi connectivity index (χ0n) is 28.1. The number of nitrogens with one attached hydrogen (secondary N) is 1. The predicted octanol–water partition coefficient (Wildman–Crippen LogP) is 11.4. The van der Waals surface area contributed by atoms with E-state index in [9.17, 15) is 5.41 Å². The normalized spacial score (nSPS) is 12.3. The van der Waals surface area contributed by atoms with Crippen LogP contribution in [0.15, 0.2) is 179 Å². The Hall–Kier alpha value is -6.72. The van der Waals surface area contributed by atoms with Crippen LogP contribution in [0.2, 0.25) is 0 Å². The second kappa shape index (κ2) is 12.6. The fourth-order valence-corrected chi connectivity index (χ4v) is 7.20. The second-order valence-electron chi connectivity index (χ2n) is 12.8. The van der Waals surface area contributed by atoms with Crippen LogP contribution in [0.25, 0.3) is 60.6 Å². The second-order valence-corrected chi connectivity index (χ2v) is 12.8. The van der Waals surface area contributed by atoms with Crippen LogP contribution in [-0.2, 0) is 0 Å². The Kier molecular flexibility index (Phi) is 7.51. The van der Waals surface area contributed by atoms with Crippen molar-refractivity contribution in [3.8, 4) is 16.8 Å². The summed E-state index contributed by atoms with van der Waals surface area (Å²) in [5.74, 6) is 0.391. The van der Waals surface area contributed by atoms with E-state index in [1.807, 2.05) is 91.0 Å². The molecule has 0 radical (unpaired) electrons. The molecule has 0 aliphatic heterocycles. The van der Waals surface area contributed by atoms with Crippen LogP contribution in [0.3, 0.4) is 0 Å². The molecular weight excluding hydrogens is 625 g/mol. The van der Waals surface area contributed by atoms with Gasteiger partial charge in [-0.1, -0.05) is 133 Å². The van der Waals surface area contributed by atoms with Crippen molar-refractivity contribution < 1.29 is 4.42 Å². The molecule has 51 heavy (non-hydrogen) atoms. The number of aliphatic imine (C=N–C) groups is 1. The quantitative estimate of drug-likeness (QED) is 0.137. The smallest absolute Gasteiger partial charge is 0.160 e. The molecule has 7 aromatic carbocycles. The molecule has 0 aliphatic carbocycles. The van der Waals surface area contributed by atoms with E-state index in [2.05, 4.69) is 102 Å². The van der Waals surface area contributed by atoms with Gasteiger partial charge in [0, 0.05) is 46.1 Å². The number of para-hydroxylation sites is 2. The van der Waals surface area contributed by atoms with Crippen molar-refractivity contribution >= 4 is 55.8 Å². The first kappa shape index (κ1) is 30.3. The van der Waals surface area contributed by atoms with Gasteiger partial charge in [0.25, 0.3) is 0 Å². The van der Waals surface area contributed by atoms with E-state index in [-0.39, 0.29) is 0 Å². The number of furan rings is 1. The molecule has 0 saturated carbocycles. The van der Waals surface area contributed by atoms with Gasteiger partial charge in [0.15, 0.2) is 5.58 Å². The summed E-state index contributed by atoms with van der Waals surface area (Å²) in [6.45, 7) is 0. The fourth-order valence-electron chi connectivity index (χ4n) is 7.20. The van der Waals surface area contributed by atoms with Crippen LogP contribution in [0.1, 0.15) is 22.9 Å². The van der Waals surface area contributed by atoms with Gasteiger partial charge in [-0.2, -0.15) is 0 Å². The summed E-state index contributed by atoms with van der Waals surface area (Å²) in [4.78, 5) is 7.03. The SMILES string of the molecule is CN(C(=N)c1cccc(-c2ccccc2)c1)C(N=Cc1ccccc1)c1ccc(-n2c3ccccc3c3ccc4c5ccccc5oc4c32)cc1. The van der Waals surface area contributed by atoms with Crippen molar-refractivity contribution in [3.05, 3.63) is 187 Å². The third-order valence-corrected chi connectivity index (χ3v) is 9.76. The summed E-state index contributed by atoms with van der Waals surface area (Å²) in [6, 6.07) is 58.3. The van der Waals surface area contributed by atoms with E-state index in [4.69, 9.17) is 9.41 Å². The van der Waals surface area contributed by atoms with Crippen LogP contribution >= 0.6 is 0 Å². The molecule has 5 heteroatoms. The summed E-state index contributed by atoms with van der Waals surface area (Å²) in [6.07, 6.45) is 1.46. The van der Waals surface area contributed by atoms with Crippen molar-refractivity contribution in [1.29, 1.82) is 5.41 Å². The molecule has 0 spiro atoms. The summed E-state index contributed by atoms with van der Waals surface area (Å²) < 4.78 is 8.87. The zero-order valence-corrected chi connectivity index (χ0v) is 28.1.